The van der Waals surface area contributed by atoms with Crippen LogP contribution in [0.1, 0.15) is 49.3 Å². The average molecular weight is 376 g/mol. The average Bonchev–Trinajstić information content (AvgIpc) is 2.74. The molecule has 1 N–H and O–H groups in total. The molecule has 2 aromatic rings. The first-order valence-electron chi connectivity index (χ1n) is 9.93. The number of rotatable bonds is 7. The number of allylic oxidation sites excluding steroid dienone is 2. The lowest BCUT2D eigenvalue weighted by Crippen LogP contribution is -2.09. The molecule has 1 aliphatic carbocycles. The molecule has 1 aliphatic rings. The van der Waals surface area contributed by atoms with Crippen molar-refractivity contribution >= 4 is 11.5 Å². The summed E-state index contributed by atoms with van der Waals surface area (Å²) in [5.74, 6) is -0.347. The van der Waals surface area contributed by atoms with E-state index in [1.54, 1.807) is 6.92 Å². The Morgan fingerprint density at radius 1 is 1.11 bits per heavy atom. The quantitative estimate of drug-likeness (QED) is 0.515. The second kappa shape index (κ2) is 9.52. The van der Waals surface area contributed by atoms with Crippen LogP contribution in [0.15, 0.2) is 60.7 Å². The number of esters is 1. The lowest BCUT2D eigenvalue weighted by Gasteiger charge is -2.17. The van der Waals surface area contributed by atoms with Gasteiger partial charge in [-0.1, -0.05) is 55.1 Å². The SMILES string of the molecule is C=C(C)C(=O)OCCc1cc(C2=CCCCC2)ccc1-c1ccc(CO)cc1. The molecule has 0 saturated carbocycles. The largest absolute Gasteiger partial charge is 0.462 e. The van der Waals surface area contributed by atoms with E-state index < -0.39 is 0 Å². The Morgan fingerprint density at radius 2 is 1.86 bits per heavy atom. The number of carbonyl (C=O) groups is 1. The highest BCUT2D eigenvalue weighted by Crippen LogP contribution is 2.32. The van der Waals surface area contributed by atoms with Crippen molar-refractivity contribution in [2.24, 2.45) is 0 Å². The highest BCUT2D eigenvalue weighted by Gasteiger charge is 2.12. The van der Waals surface area contributed by atoms with E-state index in [1.807, 2.05) is 24.3 Å². The molecule has 0 saturated heterocycles. The molecule has 0 fully saturated rings. The van der Waals surface area contributed by atoms with Crippen molar-refractivity contribution in [2.75, 3.05) is 6.61 Å². The van der Waals surface area contributed by atoms with Gasteiger partial charge in [-0.05, 0) is 66.0 Å². The number of aliphatic hydroxyl groups excluding tert-OH is 1. The van der Waals surface area contributed by atoms with Crippen LogP contribution in [0.25, 0.3) is 16.7 Å². The molecule has 0 bridgehead atoms. The summed E-state index contributed by atoms with van der Waals surface area (Å²) in [5.41, 5.74) is 7.38. The predicted molar refractivity (Wildman–Crippen MR) is 114 cm³/mol. The van der Waals surface area contributed by atoms with Crippen LogP contribution < -0.4 is 0 Å². The van der Waals surface area contributed by atoms with Gasteiger partial charge < -0.3 is 9.84 Å². The molecule has 28 heavy (non-hydrogen) atoms. The molecule has 2 aromatic carbocycles. The Hall–Kier alpha value is -2.65. The van der Waals surface area contributed by atoms with Gasteiger partial charge in [0.15, 0.2) is 0 Å². The molecule has 0 heterocycles. The fraction of sp³-hybridized carbons (Fsp3) is 0.320. The molecule has 0 aromatic heterocycles. The van der Waals surface area contributed by atoms with E-state index in [9.17, 15) is 9.90 Å². The third kappa shape index (κ3) is 4.99. The van der Waals surface area contributed by atoms with Crippen LogP contribution in [-0.2, 0) is 22.6 Å². The Labute approximate surface area is 167 Å². The number of benzene rings is 2. The van der Waals surface area contributed by atoms with Gasteiger partial charge in [0.1, 0.15) is 0 Å². The summed E-state index contributed by atoms with van der Waals surface area (Å²) < 4.78 is 5.33. The van der Waals surface area contributed by atoms with Gasteiger partial charge in [0.05, 0.1) is 13.2 Å². The van der Waals surface area contributed by atoms with Crippen LogP contribution in [0.2, 0.25) is 0 Å². The molecule has 146 valence electrons. The van der Waals surface area contributed by atoms with Gasteiger partial charge in [-0.2, -0.15) is 0 Å². The maximum Gasteiger partial charge on any atom is 0.333 e. The standard InChI is InChI=1S/C25H28O3/c1-18(2)25(27)28-15-14-23-16-22(20-6-4-3-5-7-20)12-13-24(23)21-10-8-19(17-26)9-11-21/h6,8-13,16,26H,1,3-5,7,14-15,17H2,2H3. The third-order valence-corrected chi connectivity index (χ3v) is 5.17. The molecule has 0 atom stereocenters. The van der Waals surface area contributed by atoms with E-state index >= 15 is 0 Å². The third-order valence-electron chi connectivity index (χ3n) is 5.17. The van der Waals surface area contributed by atoms with Crippen molar-refractivity contribution in [1.82, 2.24) is 0 Å². The van der Waals surface area contributed by atoms with Gasteiger partial charge in [0.25, 0.3) is 0 Å². The number of carbonyl (C=O) groups excluding carboxylic acids is 1. The molecular formula is C25H28O3. The Balaban J connectivity index is 1.89. The van der Waals surface area contributed by atoms with Crippen molar-refractivity contribution in [3.05, 3.63) is 77.4 Å². The van der Waals surface area contributed by atoms with E-state index in [4.69, 9.17) is 4.74 Å². The summed E-state index contributed by atoms with van der Waals surface area (Å²) in [5, 5.41) is 9.29. The number of ether oxygens (including phenoxy) is 1. The first-order valence-corrected chi connectivity index (χ1v) is 9.93. The topological polar surface area (TPSA) is 46.5 Å². The monoisotopic (exact) mass is 376 g/mol. The van der Waals surface area contributed by atoms with Crippen LogP contribution in [0.3, 0.4) is 0 Å². The van der Waals surface area contributed by atoms with E-state index in [-0.39, 0.29) is 12.6 Å². The van der Waals surface area contributed by atoms with E-state index in [0.717, 1.165) is 35.1 Å². The van der Waals surface area contributed by atoms with Crippen LogP contribution in [0.4, 0.5) is 0 Å². The Bertz CT molecular complexity index is 875. The molecule has 3 rings (SSSR count). The molecule has 0 aliphatic heterocycles. The summed E-state index contributed by atoms with van der Waals surface area (Å²) >= 11 is 0. The highest BCUT2D eigenvalue weighted by atomic mass is 16.5. The van der Waals surface area contributed by atoms with Gasteiger partial charge in [-0.25, -0.2) is 4.79 Å². The van der Waals surface area contributed by atoms with Crippen molar-refractivity contribution in [1.29, 1.82) is 0 Å². The van der Waals surface area contributed by atoms with Gasteiger partial charge in [-0.3, -0.25) is 0 Å². The first-order chi connectivity index (χ1) is 13.6. The molecule has 3 heteroatoms. The molecule has 0 amide bonds. The molecular weight excluding hydrogens is 348 g/mol. The summed E-state index contributed by atoms with van der Waals surface area (Å²) in [4.78, 5) is 11.7. The lowest BCUT2D eigenvalue weighted by atomic mass is 9.89. The molecule has 0 spiro atoms. The minimum absolute atomic E-state index is 0.0388. The number of hydrogen-bond acceptors (Lipinski definition) is 3. The minimum atomic E-state index is -0.347. The maximum absolute atomic E-state index is 11.7. The highest BCUT2D eigenvalue weighted by molar-refractivity contribution is 5.87. The maximum atomic E-state index is 11.7. The van der Waals surface area contributed by atoms with Crippen LogP contribution >= 0.6 is 0 Å². The predicted octanol–water partition coefficient (Wildman–Crippen LogP) is 5.47. The van der Waals surface area contributed by atoms with Gasteiger partial charge in [0.2, 0.25) is 0 Å². The Kier molecular flexibility index (Phi) is 6.83. The summed E-state index contributed by atoms with van der Waals surface area (Å²) in [7, 11) is 0. The zero-order valence-corrected chi connectivity index (χ0v) is 16.5. The summed E-state index contributed by atoms with van der Waals surface area (Å²) in [6.07, 6.45) is 7.76. The fourth-order valence-electron chi connectivity index (χ4n) is 3.55. The molecule has 0 unspecified atom stereocenters. The lowest BCUT2D eigenvalue weighted by molar-refractivity contribution is -0.138. The number of aliphatic hydroxyl groups is 1. The van der Waals surface area contributed by atoms with Crippen LogP contribution in [-0.4, -0.2) is 17.7 Å². The van der Waals surface area contributed by atoms with Gasteiger partial charge in [-0.15, -0.1) is 0 Å². The summed E-state index contributed by atoms with van der Waals surface area (Å²) in [6.45, 7) is 5.66. The Morgan fingerprint density at radius 3 is 2.50 bits per heavy atom. The first kappa shape index (κ1) is 20.1. The normalized spacial score (nSPS) is 13.7. The van der Waals surface area contributed by atoms with Gasteiger partial charge >= 0.3 is 5.97 Å². The number of hydrogen-bond donors (Lipinski definition) is 1. The van der Waals surface area contributed by atoms with Crippen molar-refractivity contribution in [3.8, 4) is 11.1 Å². The zero-order chi connectivity index (χ0) is 19.9. The summed E-state index contributed by atoms with van der Waals surface area (Å²) in [6, 6.07) is 14.5. The van der Waals surface area contributed by atoms with Crippen molar-refractivity contribution in [3.63, 3.8) is 0 Å². The van der Waals surface area contributed by atoms with E-state index in [0.29, 0.717) is 18.6 Å². The fourth-order valence-corrected chi connectivity index (χ4v) is 3.55. The second-order valence-electron chi connectivity index (χ2n) is 7.37. The van der Waals surface area contributed by atoms with Crippen molar-refractivity contribution < 1.29 is 14.6 Å². The van der Waals surface area contributed by atoms with Crippen LogP contribution in [0.5, 0.6) is 0 Å². The van der Waals surface area contributed by atoms with E-state index in [1.165, 1.54) is 24.0 Å². The molecule has 0 radical (unpaired) electrons. The van der Waals surface area contributed by atoms with Crippen LogP contribution in [0, 0.1) is 0 Å². The van der Waals surface area contributed by atoms with Crippen molar-refractivity contribution in [2.45, 2.75) is 45.6 Å². The molecule has 3 nitrogen and oxygen atoms in total. The zero-order valence-electron chi connectivity index (χ0n) is 16.5. The smallest absolute Gasteiger partial charge is 0.333 e. The second-order valence-corrected chi connectivity index (χ2v) is 7.37. The van der Waals surface area contributed by atoms with E-state index in [2.05, 4.69) is 30.9 Å². The minimum Gasteiger partial charge on any atom is -0.462 e. The van der Waals surface area contributed by atoms with Gasteiger partial charge in [0, 0.05) is 12.0 Å².